The quantitative estimate of drug-likeness (QED) is 0.671. The van der Waals surface area contributed by atoms with E-state index in [1.165, 1.54) is 17.8 Å². The molecule has 2 rings (SSSR count). The number of nitrogens with one attached hydrogen (secondary N) is 1. The molecule has 0 aliphatic rings. The Bertz CT molecular complexity index is 683. The summed E-state index contributed by atoms with van der Waals surface area (Å²) < 4.78 is 2.06. The molecule has 1 N–H and O–H groups in total. The van der Waals surface area contributed by atoms with Gasteiger partial charge in [0.2, 0.25) is 5.91 Å². The molecule has 0 saturated carbocycles. The van der Waals surface area contributed by atoms with Crippen LogP contribution in [0.4, 0.5) is 11.5 Å². The molecule has 1 amide bonds. The lowest BCUT2D eigenvalue weighted by molar-refractivity contribution is -0.385. The molecule has 2 heterocycles. The lowest BCUT2D eigenvalue weighted by atomic mass is 10.3. The summed E-state index contributed by atoms with van der Waals surface area (Å²) in [6.07, 6.45) is 2.80. The largest absolute Gasteiger partial charge is 0.309 e. The first-order chi connectivity index (χ1) is 9.88. The monoisotopic (exact) mass is 353 g/mol. The van der Waals surface area contributed by atoms with Crippen LogP contribution in [0.2, 0.25) is 0 Å². The van der Waals surface area contributed by atoms with Gasteiger partial charge in [-0.05, 0) is 41.9 Å². The smallest absolute Gasteiger partial charge is 0.309 e. The van der Waals surface area contributed by atoms with Gasteiger partial charge in [0.15, 0.2) is 0 Å². The third kappa shape index (κ3) is 3.43. The molecule has 0 aromatic carbocycles. The van der Waals surface area contributed by atoms with Crippen LogP contribution in [0.1, 0.15) is 18.7 Å². The third-order valence-electron chi connectivity index (χ3n) is 2.84. The van der Waals surface area contributed by atoms with Crippen molar-refractivity contribution >= 4 is 33.3 Å². The molecule has 8 nitrogen and oxygen atoms in total. The van der Waals surface area contributed by atoms with Crippen molar-refractivity contribution in [2.24, 2.45) is 0 Å². The number of nitro groups is 1. The van der Waals surface area contributed by atoms with Crippen molar-refractivity contribution in [3.8, 4) is 0 Å². The van der Waals surface area contributed by atoms with E-state index < -0.39 is 11.0 Å². The zero-order valence-corrected chi connectivity index (χ0v) is 12.9. The molecule has 110 valence electrons. The SMILES string of the molecule is Cc1nn(C(C)C(=O)Nc2ccc(Br)cn2)cc1[N+](=O)[O-]. The first-order valence-electron chi connectivity index (χ1n) is 6.01. The summed E-state index contributed by atoms with van der Waals surface area (Å²) >= 11 is 3.25. The van der Waals surface area contributed by atoms with Gasteiger partial charge in [-0.1, -0.05) is 0 Å². The van der Waals surface area contributed by atoms with E-state index in [2.05, 4.69) is 31.3 Å². The molecule has 0 bridgehead atoms. The molecule has 1 unspecified atom stereocenters. The molecule has 2 aromatic rings. The van der Waals surface area contributed by atoms with E-state index in [-0.39, 0.29) is 17.3 Å². The Morgan fingerprint density at radius 3 is 2.76 bits per heavy atom. The fourth-order valence-corrected chi connectivity index (χ4v) is 1.88. The van der Waals surface area contributed by atoms with Crippen LogP contribution < -0.4 is 5.32 Å². The minimum absolute atomic E-state index is 0.114. The van der Waals surface area contributed by atoms with Crippen molar-refractivity contribution in [3.63, 3.8) is 0 Å². The van der Waals surface area contributed by atoms with E-state index in [1.807, 2.05) is 0 Å². The number of hydrogen-bond acceptors (Lipinski definition) is 5. The fourth-order valence-electron chi connectivity index (χ4n) is 1.65. The van der Waals surface area contributed by atoms with Crippen molar-refractivity contribution in [2.45, 2.75) is 19.9 Å². The second kappa shape index (κ2) is 6.00. The highest BCUT2D eigenvalue weighted by Crippen LogP contribution is 2.19. The molecule has 0 radical (unpaired) electrons. The molecule has 0 aliphatic carbocycles. The maximum absolute atomic E-state index is 12.1. The van der Waals surface area contributed by atoms with Gasteiger partial charge < -0.3 is 5.32 Å². The number of nitrogens with zero attached hydrogens (tertiary/aromatic N) is 4. The summed E-state index contributed by atoms with van der Waals surface area (Å²) in [6.45, 7) is 3.12. The zero-order chi connectivity index (χ0) is 15.6. The van der Waals surface area contributed by atoms with Gasteiger partial charge in [0.1, 0.15) is 23.8 Å². The summed E-state index contributed by atoms with van der Waals surface area (Å²) in [5, 5.41) is 17.4. The van der Waals surface area contributed by atoms with E-state index in [0.717, 1.165) is 4.47 Å². The highest BCUT2D eigenvalue weighted by molar-refractivity contribution is 9.10. The van der Waals surface area contributed by atoms with Crippen LogP contribution in [0, 0.1) is 17.0 Å². The average Bonchev–Trinajstić information content (AvgIpc) is 2.82. The number of aromatic nitrogens is 3. The average molecular weight is 354 g/mol. The lowest BCUT2D eigenvalue weighted by Gasteiger charge is -2.11. The summed E-state index contributed by atoms with van der Waals surface area (Å²) in [7, 11) is 0. The first-order valence-corrected chi connectivity index (χ1v) is 6.80. The Morgan fingerprint density at radius 1 is 1.52 bits per heavy atom. The van der Waals surface area contributed by atoms with Crippen LogP contribution in [-0.4, -0.2) is 25.6 Å². The zero-order valence-electron chi connectivity index (χ0n) is 11.3. The number of pyridine rings is 1. The number of aryl methyl sites for hydroxylation is 1. The Balaban J connectivity index is 2.13. The molecule has 0 aliphatic heterocycles. The summed E-state index contributed by atoms with van der Waals surface area (Å²) in [5.74, 6) is 0.0376. The van der Waals surface area contributed by atoms with Gasteiger partial charge in [-0.25, -0.2) is 4.98 Å². The van der Waals surface area contributed by atoms with Crippen LogP contribution in [0.5, 0.6) is 0 Å². The Labute approximate surface area is 128 Å². The van der Waals surface area contributed by atoms with Crippen LogP contribution in [-0.2, 0) is 4.79 Å². The molecular weight excluding hydrogens is 342 g/mol. The summed E-state index contributed by atoms with van der Waals surface area (Å²) in [5.41, 5.74) is 0.151. The van der Waals surface area contributed by atoms with Crippen molar-refractivity contribution in [2.75, 3.05) is 5.32 Å². The number of halogens is 1. The topological polar surface area (TPSA) is 103 Å². The number of hydrogen-bond donors (Lipinski definition) is 1. The fraction of sp³-hybridized carbons (Fsp3) is 0.250. The molecular formula is C12H12BrN5O3. The van der Waals surface area contributed by atoms with Gasteiger partial charge in [-0.3, -0.25) is 19.6 Å². The number of carbonyl (C=O) groups is 1. The van der Waals surface area contributed by atoms with Gasteiger partial charge in [-0.15, -0.1) is 0 Å². The predicted molar refractivity (Wildman–Crippen MR) is 78.9 cm³/mol. The Kier molecular flexibility index (Phi) is 4.32. The number of carbonyl (C=O) groups excluding carboxylic acids is 1. The minimum atomic E-state index is -0.692. The molecule has 2 aromatic heterocycles. The number of amides is 1. The Morgan fingerprint density at radius 2 is 2.24 bits per heavy atom. The highest BCUT2D eigenvalue weighted by Gasteiger charge is 2.22. The van der Waals surface area contributed by atoms with Gasteiger partial charge in [0.05, 0.1) is 4.92 Å². The van der Waals surface area contributed by atoms with E-state index in [1.54, 1.807) is 25.3 Å². The maximum atomic E-state index is 12.1. The minimum Gasteiger partial charge on any atom is -0.309 e. The van der Waals surface area contributed by atoms with Crippen molar-refractivity contribution < 1.29 is 9.72 Å². The predicted octanol–water partition coefficient (Wildman–Crippen LogP) is 2.46. The standard InChI is InChI=1S/C12H12BrN5O3/c1-7-10(18(20)21)6-17(16-7)8(2)12(19)15-11-4-3-9(13)5-14-11/h3-6,8H,1-2H3,(H,14,15,19). The summed E-state index contributed by atoms with van der Waals surface area (Å²) in [6, 6.07) is 2.70. The van der Waals surface area contributed by atoms with Gasteiger partial charge in [0, 0.05) is 10.7 Å². The van der Waals surface area contributed by atoms with Crippen molar-refractivity contribution in [1.29, 1.82) is 0 Å². The van der Waals surface area contributed by atoms with Gasteiger partial charge >= 0.3 is 5.69 Å². The van der Waals surface area contributed by atoms with E-state index in [0.29, 0.717) is 5.82 Å². The second-order valence-electron chi connectivity index (χ2n) is 4.36. The highest BCUT2D eigenvalue weighted by atomic mass is 79.9. The molecule has 0 spiro atoms. The van der Waals surface area contributed by atoms with Crippen LogP contribution in [0.25, 0.3) is 0 Å². The molecule has 9 heteroatoms. The molecule has 0 fully saturated rings. The molecule has 0 saturated heterocycles. The van der Waals surface area contributed by atoms with Gasteiger partial charge in [0.25, 0.3) is 0 Å². The van der Waals surface area contributed by atoms with Crippen molar-refractivity contribution in [1.82, 2.24) is 14.8 Å². The molecule has 1 atom stereocenters. The van der Waals surface area contributed by atoms with Crippen LogP contribution in [0.15, 0.2) is 29.0 Å². The number of rotatable bonds is 4. The Hall–Kier alpha value is -2.29. The number of anilines is 1. The second-order valence-corrected chi connectivity index (χ2v) is 5.28. The van der Waals surface area contributed by atoms with E-state index in [4.69, 9.17) is 0 Å². The maximum Gasteiger partial charge on any atom is 0.309 e. The molecule has 21 heavy (non-hydrogen) atoms. The van der Waals surface area contributed by atoms with Gasteiger partial charge in [-0.2, -0.15) is 5.10 Å². The van der Waals surface area contributed by atoms with E-state index >= 15 is 0 Å². The van der Waals surface area contributed by atoms with E-state index in [9.17, 15) is 14.9 Å². The van der Waals surface area contributed by atoms with Crippen LogP contribution in [0.3, 0.4) is 0 Å². The van der Waals surface area contributed by atoms with Crippen LogP contribution >= 0.6 is 15.9 Å². The third-order valence-corrected chi connectivity index (χ3v) is 3.31. The first kappa shape index (κ1) is 15.1. The normalized spacial score (nSPS) is 12.0. The summed E-state index contributed by atoms with van der Waals surface area (Å²) in [4.78, 5) is 26.4. The van der Waals surface area contributed by atoms with Crippen molar-refractivity contribution in [3.05, 3.63) is 44.8 Å². The lowest BCUT2D eigenvalue weighted by Crippen LogP contribution is -2.24.